The van der Waals surface area contributed by atoms with Crippen LogP contribution in [-0.4, -0.2) is 12.6 Å². The predicted molar refractivity (Wildman–Crippen MR) is 67.8 cm³/mol. The Balaban J connectivity index is 2.37. The number of anilines is 1. The number of benzene rings is 1. The number of nitrogens with two attached hydrogens (primary N) is 1. The quantitative estimate of drug-likeness (QED) is 0.781. The van der Waals surface area contributed by atoms with Gasteiger partial charge < -0.3 is 11.1 Å². The topological polar surface area (TPSA) is 38.0 Å². The summed E-state index contributed by atoms with van der Waals surface area (Å²) in [6, 6.07) is 5.70. The van der Waals surface area contributed by atoms with E-state index in [1.54, 1.807) is 6.07 Å². The van der Waals surface area contributed by atoms with Crippen LogP contribution in [0.5, 0.6) is 0 Å². The van der Waals surface area contributed by atoms with Crippen LogP contribution in [0.15, 0.2) is 18.2 Å². The first-order valence-electron chi connectivity index (χ1n) is 5.03. The predicted octanol–water partition coefficient (Wildman–Crippen LogP) is 3.53. The summed E-state index contributed by atoms with van der Waals surface area (Å²) in [6.45, 7) is 2.90. The molecule has 0 aromatic heterocycles. The SMILES string of the molecule is CC(N)CCCNc1cc(Cl)cc(Cl)c1. The molecule has 0 aliphatic carbocycles. The molecule has 0 spiro atoms. The lowest BCUT2D eigenvalue weighted by molar-refractivity contribution is 0.639. The molecule has 1 rings (SSSR count). The summed E-state index contributed by atoms with van der Waals surface area (Å²) in [6.07, 6.45) is 2.06. The molecular weight excluding hydrogens is 231 g/mol. The van der Waals surface area contributed by atoms with Crippen molar-refractivity contribution in [2.24, 2.45) is 5.73 Å². The molecule has 1 aromatic carbocycles. The summed E-state index contributed by atoms with van der Waals surface area (Å²) in [5, 5.41) is 4.56. The van der Waals surface area contributed by atoms with Crippen LogP contribution in [0, 0.1) is 0 Å². The second-order valence-electron chi connectivity index (χ2n) is 3.70. The molecule has 4 heteroatoms. The van der Waals surface area contributed by atoms with Crippen LogP contribution in [0.1, 0.15) is 19.8 Å². The van der Waals surface area contributed by atoms with Gasteiger partial charge in [0.1, 0.15) is 0 Å². The first-order valence-corrected chi connectivity index (χ1v) is 5.79. The van der Waals surface area contributed by atoms with Crippen molar-refractivity contribution in [2.75, 3.05) is 11.9 Å². The highest BCUT2D eigenvalue weighted by Gasteiger charge is 1.98. The fourth-order valence-electron chi connectivity index (χ4n) is 1.31. The Morgan fingerprint density at radius 3 is 2.40 bits per heavy atom. The maximum Gasteiger partial charge on any atom is 0.0441 e. The van der Waals surface area contributed by atoms with Crippen LogP contribution >= 0.6 is 23.2 Å². The van der Waals surface area contributed by atoms with Gasteiger partial charge in [-0.15, -0.1) is 0 Å². The normalized spacial score (nSPS) is 12.5. The van der Waals surface area contributed by atoms with E-state index < -0.39 is 0 Å². The van der Waals surface area contributed by atoms with E-state index in [2.05, 4.69) is 5.32 Å². The van der Waals surface area contributed by atoms with Crippen molar-refractivity contribution in [1.82, 2.24) is 0 Å². The second-order valence-corrected chi connectivity index (χ2v) is 4.58. The minimum absolute atomic E-state index is 0.259. The van der Waals surface area contributed by atoms with Gasteiger partial charge >= 0.3 is 0 Å². The fraction of sp³-hybridized carbons (Fsp3) is 0.455. The monoisotopic (exact) mass is 246 g/mol. The van der Waals surface area contributed by atoms with Crippen LogP contribution in [0.4, 0.5) is 5.69 Å². The smallest absolute Gasteiger partial charge is 0.0441 e. The molecule has 1 atom stereocenters. The third-order valence-corrected chi connectivity index (χ3v) is 2.46. The molecule has 0 aliphatic rings. The lowest BCUT2D eigenvalue weighted by Gasteiger charge is -2.08. The van der Waals surface area contributed by atoms with Gasteiger partial charge in [-0.2, -0.15) is 0 Å². The van der Waals surface area contributed by atoms with E-state index >= 15 is 0 Å². The van der Waals surface area contributed by atoms with Crippen LogP contribution < -0.4 is 11.1 Å². The summed E-state index contributed by atoms with van der Waals surface area (Å²) in [5.41, 5.74) is 6.61. The molecule has 1 unspecified atom stereocenters. The first kappa shape index (κ1) is 12.6. The molecule has 3 N–H and O–H groups in total. The molecule has 0 heterocycles. The Labute approximate surface area is 101 Å². The van der Waals surface area contributed by atoms with Gasteiger partial charge in [-0.05, 0) is 38.0 Å². The van der Waals surface area contributed by atoms with Crippen molar-refractivity contribution < 1.29 is 0 Å². The summed E-state index contributed by atoms with van der Waals surface area (Å²) < 4.78 is 0. The van der Waals surface area contributed by atoms with Crippen LogP contribution in [0.3, 0.4) is 0 Å². The summed E-state index contributed by atoms with van der Waals surface area (Å²) >= 11 is 11.7. The van der Waals surface area contributed by atoms with Crippen molar-refractivity contribution in [3.63, 3.8) is 0 Å². The molecule has 1 aromatic rings. The van der Waals surface area contributed by atoms with Crippen LogP contribution in [0.25, 0.3) is 0 Å². The molecule has 0 radical (unpaired) electrons. The average Bonchev–Trinajstić information content (AvgIpc) is 2.10. The third-order valence-electron chi connectivity index (χ3n) is 2.03. The molecule has 0 saturated carbocycles. The Morgan fingerprint density at radius 1 is 1.27 bits per heavy atom. The molecule has 0 saturated heterocycles. The van der Waals surface area contributed by atoms with Crippen LogP contribution in [-0.2, 0) is 0 Å². The Bertz CT molecular complexity index is 293. The van der Waals surface area contributed by atoms with E-state index in [1.807, 2.05) is 19.1 Å². The van der Waals surface area contributed by atoms with E-state index in [0.717, 1.165) is 25.1 Å². The number of halogens is 2. The summed E-state index contributed by atoms with van der Waals surface area (Å²) in [7, 11) is 0. The van der Waals surface area contributed by atoms with Crippen molar-refractivity contribution >= 4 is 28.9 Å². The largest absolute Gasteiger partial charge is 0.385 e. The lowest BCUT2D eigenvalue weighted by Crippen LogP contribution is -2.16. The standard InChI is InChI=1S/C11H16Cl2N2/c1-8(14)3-2-4-15-11-6-9(12)5-10(13)7-11/h5-8,15H,2-4,14H2,1H3. The fourth-order valence-corrected chi connectivity index (χ4v) is 1.84. The zero-order valence-corrected chi connectivity index (χ0v) is 10.3. The summed E-state index contributed by atoms with van der Waals surface area (Å²) in [5.74, 6) is 0. The average molecular weight is 247 g/mol. The van der Waals surface area contributed by atoms with Gasteiger partial charge in [0.2, 0.25) is 0 Å². The van der Waals surface area contributed by atoms with Crippen LogP contribution in [0.2, 0.25) is 10.0 Å². The van der Waals surface area contributed by atoms with E-state index in [0.29, 0.717) is 10.0 Å². The van der Waals surface area contributed by atoms with Crippen molar-refractivity contribution in [3.8, 4) is 0 Å². The molecule has 0 amide bonds. The molecule has 84 valence electrons. The zero-order valence-electron chi connectivity index (χ0n) is 8.76. The zero-order chi connectivity index (χ0) is 11.3. The number of nitrogens with one attached hydrogen (secondary N) is 1. The maximum absolute atomic E-state index is 5.87. The molecular formula is C11H16Cl2N2. The Morgan fingerprint density at radius 2 is 1.87 bits per heavy atom. The minimum Gasteiger partial charge on any atom is -0.385 e. The molecule has 2 nitrogen and oxygen atoms in total. The van der Waals surface area contributed by atoms with Crippen molar-refractivity contribution in [3.05, 3.63) is 28.2 Å². The lowest BCUT2D eigenvalue weighted by atomic mass is 10.2. The van der Waals surface area contributed by atoms with E-state index in [4.69, 9.17) is 28.9 Å². The highest BCUT2D eigenvalue weighted by molar-refractivity contribution is 6.35. The van der Waals surface area contributed by atoms with Gasteiger partial charge in [0.15, 0.2) is 0 Å². The number of hydrogen-bond donors (Lipinski definition) is 2. The second kappa shape index (κ2) is 6.21. The summed E-state index contributed by atoms with van der Waals surface area (Å²) in [4.78, 5) is 0. The van der Waals surface area contributed by atoms with Gasteiger partial charge in [-0.25, -0.2) is 0 Å². The van der Waals surface area contributed by atoms with E-state index in [1.165, 1.54) is 0 Å². The van der Waals surface area contributed by atoms with E-state index in [9.17, 15) is 0 Å². The van der Waals surface area contributed by atoms with E-state index in [-0.39, 0.29) is 6.04 Å². The maximum atomic E-state index is 5.87. The molecule has 0 bridgehead atoms. The van der Waals surface area contributed by atoms with Gasteiger partial charge in [-0.1, -0.05) is 23.2 Å². The Kier molecular flexibility index (Phi) is 5.23. The number of rotatable bonds is 5. The molecule has 0 aliphatic heterocycles. The minimum atomic E-state index is 0.259. The van der Waals surface area contributed by atoms with Crippen molar-refractivity contribution in [2.45, 2.75) is 25.8 Å². The third kappa shape index (κ3) is 5.26. The highest BCUT2D eigenvalue weighted by atomic mass is 35.5. The highest BCUT2D eigenvalue weighted by Crippen LogP contribution is 2.22. The molecule has 15 heavy (non-hydrogen) atoms. The Hall–Kier alpha value is -0.440. The first-order chi connectivity index (χ1) is 7.08. The molecule has 0 fully saturated rings. The van der Waals surface area contributed by atoms with Crippen molar-refractivity contribution in [1.29, 1.82) is 0 Å². The van der Waals surface area contributed by atoms with Gasteiger partial charge in [0.05, 0.1) is 0 Å². The van der Waals surface area contributed by atoms with Gasteiger partial charge in [0, 0.05) is 28.3 Å². The number of hydrogen-bond acceptors (Lipinski definition) is 2. The van der Waals surface area contributed by atoms with Gasteiger partial charge in [0.25, 0.3) is 0 Å². The van der Waals surface area contributed by atoms with Gasteiger partial charge in [-0.3, -0.25) is 0 Å².